The third kappa shape index (κ3) is 4.29. The summed E-state index contributed by atoms with van der Waals surface area (Å²) < 4.78 is 20.1. The number of carbonyl (C=O) groups excluding carboxylic acids is 1. The average molecular weight is 422 g/mol. The minimum absolute atomic E-state index is 0.0169. The first-order chi connectivity index (χ1) is 13.3. The number of ether oxygens (including phenoxy) is 1. The zero-order valence-corrected chi connectivity index (χ0v) is 17.0. The SMILES string of the molecule is Cc1nn(-c2ccc(F)cc2)c(Cl)c1C(=O)Nc1ccc(OC(C)C)c(Cl)c1. The van der Waals surface area contributed by atoms with Gasteiger partial charge in [0.1, 0.15) is 22.3 Å². The molecule has 0 atom stereocenters. The maximum atomic E-state index is 13.1. The van der Waals surface area contributed by atoms with Crippen molar-refractivity contribution in [1.82, 2.24) is 9.78 Å². The van der Waals surface area contributed by atoms with Gasteiger partial charge in [0, 0.05) is 5.69 Å². The Morgan fingerprint density at radius 1 is 1.18 bits per heavy atom. The van der Waals surface area contributed by atoms with Crippen LogP contribution in [0.25, 0.3) is 5.69 Å². The number of nitrogens with one attached hydrogen (secondary N) is 1. The molecule has 0 aliphatic carbocycles. The molecule has 0 aliphatic rings. The maximum absolute atomic E-state index is 13.1. The van der Waals surface area contributed by atoms with Gasteiger partial charge in [0.15, 0.2) is 0 Å². The Morgan fingerprint density at radius 2 is 1.86 bits per heavy atom. The molecule has 3 aromatic rings. The molecule has 1 aromatic heterocycles. The van der Waals surface area contributed by atoms with Gasteiger partial charge in [0.25, 0.3) is 5.91 Å². The molecule has 0 unspecified atom stereocenters. The van der Waals surface area contributed by atoms with Crippen LogP contribution in [-0.4, -0.2) is 21.8 Å². The number of benzene rings is 2. The molecular formula is C20H18Cl2FN3O2. The van der Waals surface area contributed by atoms with Crippen molar-refractivity contribution in [3.05, 3.63) is 69.7 Å². The molecular weight excluding hydrogens is 404 g/mol. The standard InChI is InChI=1S/C20H18Cl2FN3O2/c1-11(2)28-17-9-6-14(10-16(17)21)24-20(27)18-12(3)25-26(19(18)22)15-7-4-13(23)5-8-15/h4-11H,1-3H3,(H,24,27). The summed E-state index contributed by atoms with van der Waals surface area (Å²) in [5.74, 6) is -0.263. The normalized spacial score (nSPS) is 11.0. The van der Waals surface area contributed by atoms with E-state index in [1.165, 1.54) is 28.9 Å². The lowest BCUT2D eigenvalue weighted by atomic mass is 10.2. The number of anilines is 1. The van der Waals surface area contributed by atoms with E-state index in [2.05, 4.69) is 10.4 Å². The zero-order chi connectivity index (χ0) is 20.4. The van der Waals surface area contributed by atoms with Crippen molar-refractivity contribution in [1.29, 1.82) is 0 Å². The molecule has 1 N–H and O–H groups in total. The van der Waals surface area contributed by atoms with Crippen LogP contribution in [0.4, 0.5) is 10.1 Å². The van der Waals surface area contributed by atoms with Crippen molar-refractivity contribution >= 4 is 34.8 Å². The molecule has 146 valence electrons. The molecule has 0 aliphatic heterocycles. The predicted octanol–water partition coefficient (Wildman–Crippen LogP) is 5.67. The Labute approximate surface area is 172 Å². The number of rotatable bonds is 5. The quantitative estimate of drug-likeness (QED) is 0.577. The summed E-state index contributed by atoms with van der Waals surface area (Å²) in [6, 6.07) is 10.6. The van der Waals surface area contributed by atoms with Crippen molar-refractivity contribution in [2.75, 3.05) is 5.32 Å². The van der Waals surface area contributed by atoms with Gasteiger partial charge in [-0.2, -0.15) is 5.10 Å². The number of nitrogens with zero attached hydrogens (tertiary/aromatic N) is 2. The van der Waals surface area contributed by atoms with Gasteiger partial charge < -0.3 is 10.1 Å². The molecule has 1 heterocycles. The smallest absolute Gasteiger partial charge is 0.260 e. The van der Waals surface area contributed by atoms with Gasteiger partial charge in [0.2, 0.25) is 0 Å². The van der Waals surface area contributed by atoms with Gasteiger partial charge in [0.05, 0.1) is 22.5 Å². The Morgan fingerprint density at radius 3 is 2.46 bits per heavy atom. The van der Waals surface area contributed by atoms with Crippen LogP contribution in [0, 0.1) is 12.7 Å². The fraction of sp³-hybridized carbons (Fsp3) is 0.200. The van der Waals surface area contributed by atoms with Gasteiger partial charge in [-0.05, 0) is 63.2 Å². The summed E-state index contributed by atoms with van der Waals surface area (Å²) in [4.78, 5) is 12.7. The van der Waals surface area contributed by atoms with Gasteiger partial charge in [-0.15, -0.1) is 0 Å². The minimum Gasteiger partial charge on any atom is -0.489 e. The monoisotopic (exact) mass is 421 g/mol. The van der Waals surface area contributed by atoms with Gasteiger partial charge in [-0.1, -0.05) is 23.2 Å². The van der Waals surface area contributed by atoms with E-state index < -0.39 is 5.91 Å². The Kier molecular flexibility index (Phi) is 5.91. The minimum atomic E-state index is -0.426. The lowest BCUT2D eigenvalue weighted by molar-refractivity contribution is 0.102. The van der Waals surface area contributed by atoms with Gasteiger partial charge >= 0.3 is 0 Å². The van der Waals surface area contributed by atoms with Gasteiger partial charge in [-0.3, -0.25) is 4.79 Å². The van der Waals surface area contributed by atoms with E-state index in [9.17, 15) is 9.18 Å². The number of amides is 1. The van der Waals surface area contributed by atoms with Crippen molar-refractivity contribution in [2.24, 2.45) is 0 Å². The van der Waals surface area contributed by atoms with Crippen molar-refractivity contribution in [2.45, 2.75) is 26.9 Å². The van der Waals surface area contributed by atoms with E-state index in [0.29, 0.717) is 27.8 Å². The molecule has 0 spiro atoms. The molecule has 1 amide bonds. The highest BCUT2D eigenvalue weighted by atomic mass is 35.5. The van der Waals surface area contributed by atoms with Crippen LogP contribution >= 0.6 is 23.2 Å². The number of halogens is 3. The average Bonchev–Trinajstić information content (AvgIpc) is 2.92. The highest BCUT2D eigenvalue weighted by Gasteiger charge is 2.21. The fourth-order valence-electron chi connectivity index (χ4n) is 2.63. The number of hydrogen-bond donors (Lipinski definition) is 1. The summed E-state index contributed by atoms with van der Waals surface area (Å²) in [5, 5.41) is 7.57. The molecule has 0 radical (unpaired) electrons. The van der Waals surface area contributed by atoms with Crippen LogP contribution in [0.2, 0.25) is 10.2 Å². The molecule has 8 heteroatoms. The van der Waals surface area contributed by atoms with E-state index in [-0.39, 0.29) is 22.6 Å². The molecule has 0 saturated carbocycles. The van der Waals surface area contributed by atoms with Crippen molar-refractivity contribution < 1.29 is 13.9 Å². The van der Waals surface area contributed by atoms with E-state index in [4.69, 9.17) is 27.9 Å². The Bertz CT molecular complexity index is 1020. The number of carbonyl (C=O) groups is 1. The van der Waals surface area contributed by atoms with Crippen LogP contribution in [0.3, 0.4) is 0 Å². The summed E-state index contributed by atoms with van der Waals surface area (Å²) in [5.41, 5.74) is 1.71. The van der Waals surface area contributed by atoms with Gasteiger partial charge in [-0.25, -0.2) is 9.07 Å². The Hall–Kier alpha value is -2.57. The van der Waals surface area contributed by atoms with Crippen LogP contribution in [0.5, 0.6) is 5.75 Å². The lowest BCUT2D eigenvalue weighted by Gasteiger charge is -2.12. The topological polar surface area (TPSA) is 56.2 Å². The van der Waals surface area contributed by atoms with Crippen LogP contribution in [0.1, 0.15) is 29.9 Å². The summed E-state index contributed by atoms with van der Waals surface area (Å²) >= 11 is 12.6. The summed E-state index contributed by atoms with van der Waals surface area (Å²) in [7, 11) is 0. The van der Waals surface area contributed by atoms with E-state index in [1.807, 2.05) is 13.8 Å². The molecule has 2 aromatic carbocycles. The number of aryl methyl sites for hydroxylation is 1. The molecule has 0 saturated heterocycles. The molecule has 0 bridgehead atoms. The molecule has 3 rings (SSSR count). The first-order valence-electron chi connectivity index (χ1n) is 8.55. The second kappa shape index (κ2) is 8.20. The zero-order valence-electron chi connectivity index (χ0n) is 15.5. The summed E-state index contributed by atoms with van der Waals surface area (Å²) in [6.45, 7) is 5.47. The third-order valence-corrected chi connectivity index (χ3v) is 4.50. The van der Waals surface area contributed by atoms with E-state index in [0.717, 1.165) is 0 Å². The van der Waals surface area contributed by atoms with E-state index in [1.54, 1.807) is 25.1 Å². The second-order valence-electron chi connectivity index (χ2n) is 6.41. The molecule has 0 fully saturated rings. The highest BCUT2D eigenvalue weighted by Crippen LogP contribution is 2.30. The lowest BCUT2D eigenvalue weighted by Crippen LogP contribution is -2.13. The van der Waals surface area contributed by atoms with Crippen LogP contribution < -0.4 is 10.1 Å². The Balaban J connectivity index is 1.85. The largest absolute Gasteiger partial charge is 0.489 e. The summed E-state index contributed by atoms with van der Waals surface area (Å²) in [6.07, 6.45) is -0.0169. The van der Waals surface area contributed by atoms with Crippen molar-refractivity contribution in [3.8, 4) is 11.4 Å². The third-order valence-electron chi connectivity index (χ3n) is 3.85. The van der Waals surface area contributed by atoms with Crippen LogP contribution in [0.15, 0.2) is 42.5 Å². The maximum Gasteiger partial charge on any atom is 0.260 e. The molecule has 28 heavy (non-hydrogen) atoms. The van der Waals surface area contributed by atoms with Crippen LogP contribution in [-0.2, 0) is 0 Å². The molecule has 5 nitrogen and oxygen atoms in total. The number of aromatic nitrogens is 2. The van der Waals surface area contributed by atoms with Crippen molar-refractivity contribution in [3.63, 3.8) is 0 Å². The number of hydrogen-bond acceptors (Lipinski definition) is 3. The highest BCUT2D eigenvalue weighted by molar-refractivity contribution is 6.34. The first kappa shape index (κ1) is 20.2. The first-order valence-corrected chi connectivity index (χ1v) is 9.30. The second-order valence-corrected chi connectivity index (χ2v) is 7.17. The van der Waals surface area contributed by atoms with E-state index >= 15 is 0 Å². The fourth-order valence-corrected chi connectivity index (χ4v) is 3.22. The predicted molar refractivity (Wildman–Crippen MR) is 108 cm³/mol.